The fourth-order valence-electron chi connectivity index (χ4n) is 1.29. The van der Waals surface area contributed by atoms with Crippen LogP contribution in [-0.4, -0.2) is 68.7 Å². The van der Waals surface area contributed by atoms with Crippen LogP contribution in [0.15, 0.2) is 4.99 Å². The van der Waals surface area contributed by atoms with E-state index in [-0.39, 0.29) is 36.4 Å². The zero-order chi connectivity index (χ0) is 17.2. The maximum atomic E-state index is 11.5. The maximum Gasteiger partial charge on any atom is 0.407 e. The maximum absolute atomic E-state index is 11.5. The van der Waals surface area contributed by atoms with E-state index in [4.69, 9.17) is 4.74 Å². The highest BCUT2D eigenvalue weighted by Crippen LogP contribution is 2.05. The van der Waals surface area contributed by atoms with E-state index in [0.717, 1.165) is 0 Å². The van der Waals surface area contributed by atoms with Crippen molar-refractivity contribution in [3.8, 4) is 0 Å². The van der Waals surface area contributed by atoms with Crippen molar-refractivity contribution in [2.75, 3.05) is 40.3 Å². The van der Waals surface area contributed by atoms with E-state index in [1.165, 1.54) is 4.90 Å². The van der Waals surface area contributed by atoms with Crippen molar-refractivity contribution in [2.45, 2.75) is 33.3 Å². The van der Waals surface area contributed by atoms with Crippen LogP contribution in [0, 0.1) is 0 Å². The number of rotatable bonds is 6. The monoisotopic (exact) mass is 443 g/mol. The van der Waals surface area contributed by atoms with Crippen LogP contribution in [0.2, 0.25) is 0 Å². The Kier molecular flexibility index (Phi) is 12.7. The summed E-state index contributed by atoms with van der Waals surface area (Å²) in [5.74, 6) is 0.452. The molecule has 0 rings (SSSR count). The van der Waals surface area contributed by atoms with Crippen molar-refractivity contribution < 1.29 is 14.3 Å². The minimum atomic E-state index is -0.513. The summed E-state index contributed by atoms with van der Waals surface area (Å²) in [4.78, 5) is 28.6. The molecule has 136 valence electrons. The zero-order valence-electron chi connectivity index (χ0n) is 14.9. The summed E-state index contributed by atoms with van der Waals surface area (Å²) in [6, 6.07) is 0. The Hall–Kier alpha value is -1.26. The predicted molar refractivity (Wildman–Crippen MR) is 102 cm³/mol. The van der Waals surface area contributed by atoms with Crippen LogP contribution in [0.25, 0.3) is 0 Å². The molecule has 2 amide bonds. The molecule has 0 saturated heterocycles. The van der Waals surface area contributed by atoms with Gasteiger partial charge in [-0.3, -0.25) is 4.79 Å². The number of amides is 2. The van der Waals surface area contributed by atoms with E-state index >= 15 is 0 Å². The van der Waals surface area contributed by atoms with E-state index in [0.29, 0.717) is 25.6 Å². The first-order valence-electron chi connectivity index (χ1n) is 7.35. The van der Waals surface area contributed by atoms with Gasteiger partial charge in [-0.1, -0.05) is 0 Å². The number of hydrogen-bond acceptors (Lipinski definition) is 4. The minimum absolute atomic E-state index is 0. The van der Waals surface area contributed by atoms with Crippen molar-refractivity contribution in [2.24, 2.45) is 4.99 Å². The number of likely N-dealkylation sites (N-methyl/N-ethyl adjacent to an activating group) is 1. The Morgan fingerprint density at radius 1 is 1.09 bits per heavy atom. The standard InChI is InChI=1S/C14H29N5O3.HI/c1-7-15-12(18-10-11(20)19(5)6)16-8-9-17-13(21)22-14(2,3)4;/h7-10H2,1-6H3,(H,17,21)(H2,15,16,18);1H. The van der Waals surface area contributed by atoms with Crippen molar-refractivity contribution in [1.29, 1.82) is 0 Å². The molecule has 0 radical (unpaired) electrons. The third kappa shape index (κ3) is 14.1. The molecule has 0 aliphatic rings. The molecule has 0 fully saturated rings. The number of alkyl carbamates (subject to hydrolysis) is 1. The van der Waals surface area contributed by atoms with E-state index in [1.54, 1.807) is 14.1 Å². The number of ether oxygens (including phenoxy) is 1. The Bertz CT molecular complexity index is 394. The first-order valence-corrected chi connectivity index (χ1v) is 7.35. The highest BCUT2D eigenvalue weighted by atomic mass is 127. The molecule has 0 aliphatic carbocycles. The lowest BCUT2D eigenvalue weighted by molar-refractivity contribution is -0.127. The number of guanidine groups is 1. The summed E-state index contributed by atoms with van der Waals surface area (Å²) in [5.41, 5.74) is -0.513. The number of nitrogens with zero attached hydrogens (tertiary/aromatic N) is 2. The Labute approximate surface area is 155 Å². The van der Waals surface area contributed by atoms with Gasteiger partial charge in [-0.2, -0.15) is 0 Å². The fourth-order valence-corrected chi connectivity index (χ4v) is 1.29. The third-order valence-corrected chi connectivity index (χ3v) is 2.30. The van der Waals surface area contributed by atoms with Gasteiger partial charge < -0.3 is 25.6 Å². The number of aliphatic imine (C=N–C) groups is 1. The molecule has 8 nitrogen and oxygen atoms in total. The van der Waals surface area contributed by atoms with Gasteiger partial charge in [0, 0.05) is 33.7 Å². The van der Waals surface area contributed by atoms with Crippen LogP contribution in [-0.2, 0) is 9.53 Å². The van der Waals surface area contributed by atoms with Gasteiger partial charge >= 0.3 is 6.09 Å². The molecule has 23 heavy (non-hydrogen) atoms. The summed E-state index contributed by atoms with van der Waals surface area (Å²) in [7, 11) is 3.37. The van der Waals surface area contributed by atoms with E-state index in [9.17, 15) is 9.59 Å². The Morgan fingerprint density at radius 2 is 1.65 bits per heavy atom. The average molecular weight is 443 g/mol. The first-order chi connectivity index (χ1) is 10.2. The molecule has 0 atom stereocenters. The Balaban J connectivity index is 0. The predicted octanol–water partition coefficient (Wildman–Crippen LogP) is 0.772. The quantitative estimate of drug-likeness (QED) is 0.244. The highest BCUT2D eigenvalue weighted by molar-refractivity contribution is 14.0. The second-order valence-corrected chi connectivity index (χ2v) is 5.84. The number of nitrogens with one attached hydrogen (secondary N) is 3. The molecule has 9 heteroatoms. The topological polar surface area (TPSA) is 95.1 Å². The summed E-state index contributed by atoms with van der Waals surface area (Å²) in [6.07, 6.45) is -0.459. The lowest BCUT2D eigenvalue weighted by atomic mass is 10.2. The smallest absolute Gasteiger partial charge is 0.407 e. The minimum Gasteiger partial charge on any atom is -0.444 e. The van der Waals surface area contributed by atoms with Crippen molar-refractivity contribution in [3.05, 3.63) is 0 Å². The second kappa shape index (κ2) is 12.2. The van der Waals surface area contributed by atoms with Crippen LogP contribution in [0.1, 0.15) is 27.7 Å². The lowest BCUT2D eigenvalue weighted by Crippen LogP contribution is -2.43. The van der Waals surface area contributed by atoms with Crippen LogP contribution >= 0.6 is 24.0 Å². The average Bonchev–Trinajstić information content (AvgIpc) is 2.38. The van der Waals surface area contributed by atoms with E-state index in [1.807, 2.05) is 27.7 Å². The van der Waals surface area contributed by atoms with Crippen LogP contribution in [0.3, 0.4) is 0 Å². The van der Waals surface area contributed by atoms with Gasteiger partial charge in [0.1, 0.15) is 12.1 Å². The molecule has 0 aliphatic heterocycles. The normalized spacial score (nSPS) is 11.1. The molecule has 0 aromatic heterocycles. The number of carbonyl (C=O) groups is 2. The molecule has 0 spiro atoms. The van der Waals surface area contributed by atoms with Gasteiger partial charge in [-0.25, -0.2) is 9.79 Å². The molecular weight excluding hydrogens is 413 g/mol. The number of halogens is 1. The SMILES string of the molecule is CCNC(=NCC(=O)N(C)C)NCCNC(=O)OC(C)(C)C.I. The molecule has 0 heterocycles. The molecular formula is C14H30IN5O3. The van der Waals surface area contributed by atoms with Crippen LogP contribution in [0.5, 0.6) is 0 Å². The molecule has 0 aromatic rings. The molecule has 0 bridgehead atoms. The summed E-state index contributed by atoms with van der Waals surface area (Å²) in [5, 5.41) is 8.70. The van der Waals surface area contributed by atoms with Gasteiger partial charge in [0.05, 0.1) is 0 Å². The van der Waals surface area contributed by atoms with Crippen LogP contribution in [0.4, 0.5) is 4.79 Å². The molecule has 3 N–H and O–H groups in total. The highest BCUT2D eigenvalue weighted by Gasteiger charge is 2.15. The van der Waals surface area contributed by atoms with Gasteiger partial charge in [0.15, 0.2) is 5.96 Å². The van der Waals surface area contributed by atoms with Gasteiger partial charge in [0.25, 0.3) is 0 Å². The van der Waals surface area contributed by atoms with Crippen molar-refractivity contribution in [3.63, 3.8) is 0 Å². The largest absolute Gasteiger partial charge is 0.444 e. The lowest BCUT2D eigenvalue weighted by Gasteiger charge is -2.20. The van der Waals surface area contributed by atoms with Crippen LogP contribution < -0.4 is 16.0 Å². The Morgan fingerprint density at radius 3 is 2.13 bits per heavy atom. The fraction of sp³-hybridized carbons (Fsp3) is 0.786. The third-order valence-electron chi connectivity index (χ3n) is 2.30. The number of hydrogen-bond donors (Lipinski definition) is 3. The zero-order valence-corrected chi connectivity index (χ0v) is 17.2. The first kappa shape index (κ1) is 24.0. The summed E-state index contributed by atoms with van der Waals surface area (Å²) >= 11 is 0. The van der Waals surface area contributed by atoms with E-state index in [2.05, 4.69) is 20.9 Å². The number of carbonyl (C=O) groups excluding carboxylic acids is 2. The van der Waals surface area contributed by atoms with Gasteiger partial charge in [-0.15, -0.1) is 24.0 Å². The van der Waals surface area contributed by atoms with E-state index < -0.39 is 11.7 Å². The van der Waals surface area contributed by atoms with Gasteiger partial charge in [-0.05, 0) is 27.7 Å². The van der Waals surface area contributed by atoms with Crippen molar-refractivity contribution >= 4 is 41.9 Å². The summed E-state index contributed by atoms with van der Waals surface area (Å²) in [6.45, 7) is 8.98. The second-order valence-electron chi connectivity index (χ2n) is 5.84. The molecule has 0 aromatic carbocycles. The van der Waals surface area contributed by atoms with Gasteiger partial charge in [0.2, 0.25) is 5.91 Å². The molecule has 0 saturated carbocycles. The molecule has 0 unspecified atom stereocenters. The summed E-state index contributed by atoms with van der Waals surface area (Å²) < 4.78 is 5.12. The van der Waals surface area contributed by atoms with Crippen molar-refractivity contribution in [1.82, 2.24) is 20.9 Å².